The van der Waals surface area contributed by atoms with Crippen LogP contribution in [0.5, 0.6) is 0 Å². The van der Waals surface area contributed by atoms with Crippen LogP contribution >= 0.6 is 24.0 Å². The van der Waals surface area contributed by atoms with E-state index in [0.717, 1.165) is 43.7 Å². The van der Waals surface area contributed by atoms with Crippen LogP contribution in [0.2, 0.25) is 0 Å². The number of aromatic nitrogens is 2. The Morgan fingerprint density at radius 2 is 1.97 bits per heavy atom. The van der Waals surface area contributed by atoms with Crippen LogP contribution in [0, 0.1) is 0 Å². The van der Waals surface area contributed by atoms with E-state index in [1.165, 1.54) is 43.2 Å². The molecular weight excluding hydrogens is 527 g/mol. The zero-order chi connectivity index (χ0) is 22.3. The molecule has 1 aliphatic carbocycles. The molecule has 1 atom stereocenters. The molecule has 1 N–H and O–H groups in total. The van der Waals surface area contributed by atoms with Crippen LogP contribution in [0.1, 0.15) is 54.9 Å². The molecule has 1 aromatic carbocycles. The molecule has 2 fully saturated rings. The van der Waals surface area contributed by atoms with Crippen molar-refractivity contribution in [3.63, 3.8) is 0 Å². The average Bonchev–Trinajstić information content (AvgIpc) is 3.27. The Labute approximate surface area is 215 Å². The average molecular weight is 567 g/mol. The third-order valence-corrected chi connectivity index (χ3v) is 6.85. The summed E-state index contributed by atoms with van der Waals surface area (Å²) in [6.07, 6.45) is 10.7. The summed E-state index contributed by atoms with van der Waals surface area (Å²) in [4.78, 5) is 9.41. The standard InChI is InChI=1S/C25H38N6O.HI/c1-26-25(31-13-14-32-24(19-31)22-16-28-30(3)18-22)27-15-20-9-7-8-10-21(20)17-29(2)23-11-5-4-6-12-23;/h7-10,16,18,23-24H,4-6,11-15,17,19H2,1-3H3,(H,26,27);1H. The van der Waals surface area contributed by atoms with E-state index >= 15 is 0 Å². The van der Waals surface area contributed by atoms with Gasteiger partial charge in [0.05, 0.1) is 19.3 Å². The minimum atomic E-state index is 0. The number of benzene rings is 1. The Hall–Kier alpha value is -1.65. The van der Waals surface area contributed by atoms with Gasteiger partial charge in [0.2, 0.25) is 0 Å². The topological polar surface area (TPSA) is 57.9 Å². The quantitative estimate of drug-likeness (QED) is 0.326. The highest BCUT2D eigenvalue weighted by atomic mass is 127. The van der Waals surface area contributed by atoms with Crippen molar-refractivity contribution in [2.45, 2.75) is 57.3 Å². The normalized spacial score (nSPS) is 20.1. The lowest BCUT2D eigenvalue weighted by Crippen LogP contribution is -2.48. The zero-order valence-electron chi connectivity index (χ0n) is 20.2. The van der Waals surface area contributed by atoms with E-state index in [4.69, 9.17) is 4.74 Å². The molecule has 2 aliphatic rings. The van der Waals surface area contributed by atoms with Crippen LogP contribution in [-0.4, -0.2) is 65.4 Å². The van der Waals surface area contributed by atoms with Gasteiger partial charge in [-0.05, 0) is 31.0 Å². The van der Waals surface area contributed by atoms with Crippen molar-refractivity contribution < 1.29 is 4.74 Å². The van der Waals surface area contributed by atoms with Crippen LogP contribution in [0.25, 0.3) is 0 Å². The molecule has 2 aromatic rings. The SMILES string of the molecule is CN=C(NCc1ccccc1CN(C)C1CCCCC1)N1CCOC(c2cnn(C)c2)C1.I. The molecule has 2 heterocycles. The van der Waals surface area contributed by atoms with Crippen molar-refractivity contribution in [3.05, 3.63) is 53.3 Å². The Bertz CT molecular complexity index is 895. The first kappa shape index (κ1) is 26.0. The van der Waals surface area contributed by atoms with Gasteiger partial charge >= 0.3 is 0 Å². The highest BCUT2D eigenvalue weighted by molar-refractivity contribution is 14.0. The number of rotatable bonds is 6. The maximum absolute atomic E-state index is 6.00. The molecule has 8 heteroatoms. The predicted octanol–water partition coefficient (Wildman–Crippen LogP) is 3.95. The van der Waals surface area contributed by atoms with Crippen molar-refractivity contribution in [1.29, 1.82) is 0 Å². The number of nitrogens with zero attached hydrogens (tertiary/aromatic N) is 5. The largest absolute Gasteiger partial charge is 0.370 e. The molecule has 182 valence electrons. The first-order valence-electron chi connectivity index (χ1n) is 12.0. The van der Waals surface area contributed by atoms with Gasteiger partial charge in [0.15, 0.2) is 5.96 Å². The Morgan fingerprint density at radius 3 is 2.67 bits per heavy atom. The Morgan fingerprint density at radius 1 is 1.21 bits per heavy atom. The van der Waals surface area contributed by atoms with Crippen molar-refractivity contribution in [2.24, 2.45) is 12.0 Å². The monoisotopic (exact) mass is 566 g/mol. The second kappa shape index (κ2) is 12.7. The molecule has 0 radical (unpaired) electrons. The number of aliphatic imine (C=N–C) groups is 1. The molecular formula is C25H39IN6O. The zero-order valence-corrected chi connectivity index (χ0v) is 22.6. The van der Waals surface area contributed by atoms with E-state index in [1.807, 2.05) is 31.2 Å². The molecule has 1 aromatic heterocycles. The smallest absolute Gasteiger partial charge is 0.194 e. The van der Waals surface area contributed by atoms with Crippen molar-refractivity contribution in [3.8, 4) is 0 Å². The van der Waals surface area contributed by atoms with Crippen LogP contribution in [-0.2, 0) is 24.9 Å². The maximum atomic E-state index is 6.00. The van der Waals surface area contributed by atoms with Gasteiger partial charge in [-0.2, -0.15) is 5.10 Å². The number of ether oxygens (including phenoxy) is 1. The minimum Gasteiger partial charge on any atom is -0.370 e. The van der Waals surface area contributed by atoms with Gasteiger partial charge in [-0.25, -0.2) is 0 Å². The molecule has 1 saturated heterocycles. The predicted molar refractivity (Wildman–Crippen MR) is 144 cm³/mol. The molecule has 0 bridgehead atoms. The van der Waals surface area contributed by atoms with E-state index < -0.39 is 0 Å². The van der Waals surface area contributed by atoms with Crippen LogP contribution in [0.15, 0.2) is 41.7 Å². The van der Waals surface area contributed by atoms with E-state index in [9.17, 15) is 0 Å². The third kappa shape index (κ3) is 6.93. The molecule has 1 aliphatic heterocycles. The van der Waals surface area contributed by atoms with Gasteiger partial charge in [-0.3, -0.25) is 14.6 Å². The minimum absolute atomic E-state index is 0. The fourth-order valence-corrected chi connectivity index (χ4v) is 4.96. The summed E-state index contributed by atoms with van der Waals surface area (Å²) in [5, 5.41) is 7.90. The summed E-state index contributed by atoms with van der Waals surface area (Å²) < 4.78 is 7.83. The van der Waals surface area contributed by atoms with Crippen molar-refractivity contribution in [1.82, 2.24) is 24.9 Å². The third-order valence-electron chi connectivity index (χ3n) is 6.85. The van der Waals surface area contributed by atoms with Crippen LogP contribution < -0.4 is 5.32 Å². The summed E-state index contributed by atoms with van der Waals surface area (Å²) in [7, 11) is 6.08. The number of halogens is 1. The van der Waals surface area contributed by atoms with Gasteiger partial charge in [-0.1, -0.05) is 43.5 Å². The highest BCUT2D eigenvalue weighted by Gasteiger charge is 2.25. The van der Waals surface area contributed by atoms with E-state index in [-0.39, 0.29) is 30.1 Å². The summed E-state index contributed by atoms with van der Waals surface area (Å²) >= 11 is 0. The lowest BCUT2D eigenvalue weighted by molar-refractivity contribution is -0.00805. The Balaban J connectivity index is 0.00000306. The van der Waals surface area contributed by atoms with Gasteiger partial charge in [0.1, 0.15) is 6.10 Å². The van der Waals surface area contributed by atoms with Gasteiger partial charge < -0.3 is 15.0 Å². The van der Waals surface area contributed by atoms with Crippen molar-refractivity contribution in [2.75, 3.05) is 33.8 Å². The summed E-state index contributed by atoms with van der Waals surface area (Å²) in [6, 6.07) is 9.52. The maximum Gasteiger partial charge on any atom is 0.194 e. The second-order valence-electron chi connectivity index (χ2n) is 9.13. The van der Waals surface area contributed by atoms with Crippen LogP contribution in [0.3, 0.4) is 0 Å². The van der Waals surface area contributed by atoms with E-state index in [1.54, 1.807) is 0 Å². The summed E-state index contributed by atoms with van der Waals surface area (Å²) in [6.45, 7) is 4.07. The second-order valence-corrected chi connectivity index (χ2v) is 9.13. The summed E-state index contributed by atoms with van der Waals surface area (Å²) in [5.41, 5.74) is 3.86. The molecule has 1 unspecified atom stereocenters. The van der Waals surface area contributed by atoms with Gasteiger partial charge in [0.25, 0.3) is 0 Å². The lowest BCUT2D eigenvalue weighted by atomic mass is 9.94. The van der Waals surface area contributed by atoms with E-state index in [2.05, 4.69) is 56.5 Å². The number of hydrogen-bond acceptors (Lipinski definition) is 4. The number of guanidine groups is 1. The molecule has 4 rings (SSSR count). The first-order chi connectivity index (χ1) is 15.6. The highest BCUT2D eigenvalue weighted by Crippen LogP contribution is 2.24. The molecule has 7 nitrogen and oxygen atoms in total. The molecule has 1 saturated carbocycles. The fourth-order valence-electron chi connectivity index (χ4n) is 4.96. The number of aryl methyl sites for hydroxylation is 1. The summed E-state index contributed by atoms with van der Waals surface area (Å²) in [5.74, 6) is 0.928. The van der Waals surface area contributed by atoms with Crippen LogP contribution in [0.4, 0.5) is 0 Å². The first-order valence-corrected chi connectivity index (χ1v) is 12.0. The fraction of sp³-hybridized carbons (Fsp3) is 0.600. The molecule has 0 amide bonds. The Kier molecular flexibility index (Phi) is 10.0. The lowest BCUT2D eigenvalue weighted by Gasteiger charge is -2.35. The van der Waals surface area contributed by atoms with Gasteiger partial charge in [-0.15, -0.1) is 24.0 Å². The van der Waals surface area contributed by atoms with Gasteiger partial charge in [0, 0.05) is 51.5 Å². The number of nitrogens with one attached hydrogen (secondary N) is 1. The number of hydrogen-bond donors (Lipinski definition) is 1. The number of morpholine rings is 1. The molecule has 33 heavy (non-hydrogen) atoms. The van der Waals surface area contributed by atoms with E-state index in [0.29, 0.717) is 6.61 Å². The van der Waals surface area contributed by atoms with Crippen molar-refractivity contribution >= 4 is 29.9 Å². The molecule has 0 spiro atoms.